The van der Waals surface area contributed by atoms with Gasteiger partial charge in [-0.3, -0.25) is 0 Å². The molecule has 2 heterocycles. The van der Waals surface area contributed by atoms with Crippen molar-refractivity contribution in [3.05, 3.63) is 18.0 Å². The molecule has 0 atom stereocenters. The number of nitrogens with zero attached hydrogens (tertiary/aromatic N) is 1. The van der Waals surface area contributed by atoms with Crippen LogP contribution in [0, 0.1) is 0 Å². The summed E-state index contributed by atoms with van der Waals surface area (Å²) in [7, 11) is 0. The van der Waals surface area contributed by atoms with E-state index in [0.29, 0.717) is 11.0 Å². The van der Waals surface area contributed by atoms with Gasteiger partial charge < -0.3 is 14.5 Å². The minimum Gasteiger partial charge on any atom is -0.395 e. The summed E-state index contributed by atoms with van der Waals surface area (Å²) < 4.78 is 32.5. The topological polar surface area (TPSA) is 47.1 Å². The second-order valence-electron chi connectivity index (χ2n) is 3.57. The first-order valence-corrected chi connectivity index (χ1v) is 5.75. The van der Waals surface area contributed by atoms with Gasteiger partial charge in [-0.05, 0) is 0 Å². The average molecular weight is 315 g/mol. The molecule has 0 fully saturated rings. The summed E-state index contributed by atoms with van der Waals surface area (Å²) >= 11 is 17.0. The average Bonchev–Trinajstić information content (AvgIpc) is 2.70. The van der Waals surface area contributed by atoms with Crippen molar-refractivity contribution in [2.75, 3.05) is 0 Å². The highest BCUT2D eigenvalue weighted by Gasteiger charge is 2.43. The van der Waals surface area contributed by atoms with Crippen molar-refractivity contribution in [2.24, 2.45) is 0 Å². The van der Waals surface area contributed by atoms with Crippen LogP contribution in [-0.4, -0.2) is 16.3 Å². The Balaban J connectivity index is 2.12. The van der Waals surface area contributed by atoms with Crippen molar-refractivity contribution >= 4 is 45.8 Å². The van der Waals surface area contributed by atoms with Gasteiger partial charge in [-0.1, -0.05) is 34.8 Å². The Labute approximate surface area is 114 Å². The molecule has 2 aromatic rings. The molecule has 0 saturated heterocycles. The Bertz CT molecular complexity index is 594. The lowest BCUT2D eigenvalue weighted by atomic mass is 10.3. The number of aromatic amines is 1. The third-order valence-corrected chi connectivity index (χ3v) is 2.81. The fourth-order valence-corrected chi connectivity index (χ4v) is 1.86. The third-order valence-electron chi connectivity index (χ3n) is 2.27. The van der Waals surface area contributed by atoms with Gasteiger partial charge in [0.1, 0.15) is 0 Å². The fraction of sp³-hybridized carbons (Fsp3) is 0.222. The van der Waals surface area contributed by atoms with Crippen LogP contribution in [0.5, 0.6) is 11.5 Å². The molecule has 0 amide bonds. The van der Waals surface area contributed by atoms with E-state index in [9.17, 15) is 8.78 Å². The monoisotopic (exact) mass is 314 g/mol. The van der Waals surface area contributed by atoms with Crippen molar-refractivity contribution in [2.45, 2.75) is 10.1 Å². The summed E-state index contributed by atoms with van der Waals surface area (Å²) in [5.74, 6) is -0.139. The molecule has 4 nitrogen and oxygen atoms in total. The SMILES string of the molecule is FC1(F)Oc2cc3nc(C(Cl)(Cl)Cl)[nH]c3cc2O1. The number of fused-ring (bicyclic) bond motifs is 2. The number of H-pyrrole nitrogens is 1. The zero-order valence-electron chi connectivity index (χ0n) is 8.31. The van der Waals surface area contributed by atoms with E-state index in [1.165, 1.54) is 12.1 Å². The first-order chi connectivity index (χ1) is 8.24. The van der Waals surface area contributed by atoms with Gasteiger partial charge in [-0.2, -0.15) is 0 Å². The molecule has 1 N–H and O–H groups in total. The van der Waals surface area contributed by atoms with Crippen LogP contribution >= 0.6 is 34.8 Å². The van der Waals surface area contributed by atoms with E-state index in [-0.39, 0.29) is 17.3 Å². The normalized spacial score (nSPS) is 17.4. The van der Waals surface area contributed by atoms with E-state index in [1.54, 1.807) is 0 Å². The lowest BCUT2D eigenvalue weighted by Crippen LogP contribution is -2.25. The molecule has 1 aromatic heterocycles. The molecule has 0 unspecified atom stereocenters. The molecule has 1 aromatic carbocycles. The Kier molecular flexibility index (Phi) is 2.36. The number of alkyl halides is 5. The van der Waals surface area contributed by atoms with Crippen LogP contribution in [0.4, 0.5) is 8.78 Å². The molecular weight excluding hydrogens is 312 g/mol. The van der Waals surface area contributed by atoms with Crippen LogP contribution in [0.15, 0.2) is 12.1 Å². The number of ether oxygens (including phenoxy) is 2. The zero-order chi connectivity index (χ0) is 13.1. The molecular formula is C9H3Cl3F2N2O2. The maximum atomic E-state index is 12.8. The summed E-state index contributed by atoms with van der Waals surface area (Å²) in [6, 6.07) is 2.58. The van der Waals surface area contributed by atoms with Crippen LogP contribution in [0.1, 0.15) is 5.82 Å². The van der Waals surface area contributed by atoms with Crippen LogP contribution in [0.3, 0.4) is 0 Å². The molecule has 0 radical (unpaired) electrons. The largest absolute Gasteiger partial charge is 0.586 e. The molecule has 0 aliphatic carbocycles. The number of aromatic nitrogens is 2. The van der Waals surface area contributed by atoms with E-state index in [0.717, 1.165) is 0 Å². The van der Waals surface area contributed by atoms with Crippen molar-refractivity contribution in [1.29, 1.82) is 0 Å². The number of hydrogen-bond donors (Lipinski definition) is 1. The van der Waals surface area contributed by atoms with Gasteiger partial charge in [0.25, 0.3) is 0 Å². The maximum absolute atomic E-state index is 12.8. The zero-order valence-corrected chi connectivity index (χ0v) is 10.6. The van der Waals surface area contributed by atoms with E-state index >= 15 is 0 Å². The predicted molar refractivity (Wildman–Crippen MR) is 61.5 cm³/mol. The molecule has 1 aliphatic rings. The standard InChI is InChI=1S/C9H3Cl3F2N2O2/c10-8(11,12)7-15-3-1-5-6(2-4(3)16-7)18-9(13,14)17-5/h1-2H,(H,15,16). The Morgan fingerprint density at radius 3 is 2.39 bits per heavy atom. The third kappa shape index (κ3) is 1.94. The smallest absolute Gasteiger partial charge is 0.395 e. The Hall–Kier alpha value is -0.980. The first kappa shape index (κ1) is 12.1. The van der Waals surface area contributed by atoms with Gasteiger partial charge in [-0.25, -0.2) is 4.98 Å². The van der Waals surface area contributed by atoms with Crippen LogP contribution in [-0.2, 0) is 3.79 Å². The summed E-state index contributed by atoms with van der Waals surface area (Å²) in [5, 5.41) is 0. The number of hydrogen-bond acceptors (Lipinski definition) is 3. The molecule has 1 aliphatic heterocycles. The molecule has 0 bridgehead atoms. The highest BCUT2D eigenvalue weighted by molar-refractivity contribution is 6.66. The minimum absolute atomic E-state index is 0.0814. The van der Waals surface area contributed by atoms with Gasteiger partial charge in [0.15, 0.2) is 17.3 Å². The van der Waals surface area contributed by atoms with Crippen molar-refractivity contribution in [3.63, 3.8) is 0 Å². The number of rotatable bonds is 0. The van der Waals surface area contributed by atoms with Crippen LogP contribution < -0.4 is 9.47 Å². The predicted octanol–water partition coefficient (Wildman–Crippen LogP) is 3.71. The second-order valence-corrected chi connectivity index (χ2v) is 5.85. The number of halogens is 5. The van der Waals surface area contributed by atoms with Gasteiger partial charge in [-0.15, -0.1) is 8.78 Å². The summed E-state index contributed by atoms with van der Waals surface area (Å²) in [4.78, 5) is 6.68. The van der Waals surface area contributed by atoms with E-state index < -0.39 is 10.1 Å². The number of imidazole rings is 1. The summed E-state index contributed by atoms with van der Waals surface area (Å²) in [5.41, 5.74) is 0.729. The fourth-order valence-electron chi connectivity index (χ4n) is 1.59. The van der Waals surface area contributed by atoms with E-state index in [1.807, 2.05) is 0 Å². The van der Waals surface area contributed by atoms with Gasteiger partial charge in [0, 0.05) is 12.1 Å². The number of nitrogens with one attached hydrogen (secondary N) is 1. The Morgan fingerprint density at radius 2 is 1.78 bits per heavy atom. The van der Waals surface area contributed by atoms with Crippen LogP contribution in [0.25, 0.3) is 11.0 Å². The van der Waals surface area contributed by atoms with Crippen molar-refractivity contribution in [3.8, 4) is 11.5 Å². The molecule has 0 saturated carbocycles. The lowest BCUT2D eigenvalue weighted by molar-refractivity contribution is -0.286. The lowest BCUT2D eigenvalue weighted by Gasteiger charge is -2.05. The van der Waals surface area contributed by atoms with Crippen LogP contribution in [0.2, 0.25) is 0 Å². The van der Waals surface area contributed by atoms with Crippen molar-refractivity contribution in [1.82, 2.24) is 9.97 Å². The van der Waals surface area contributed by atoms with Gasteiger partial charge >= 0.3 is 6.29 Å². The Morgan fingerprint density at radius 1 is 1.17 bits per heavy atom. The molecule has 0 spiro atoms. The molecule has 3 rings (SSSR count). The van der Waals surface area contributed by atoms with E-state index in [2.05, 4.69) is 19.4 Å². The first-order valence-electron chi connectivity index (χ1n) is 4.61. The second kappa shape index (κ2) is 3.53. The van der Waals surface area contributed by atoms with Gasteiger partial charge in [0.2, 0.25) is 3.79 Å². The minimum atomic E-state index is -3.67. The molecule has 96 valence electrons. The summed E-state index contributed by atoms with van der Waals surface area (Å²) in [6.45, 7) is 0. The van der Waals surface area contributed by atoms with E-state index in [4.69, 9.17) is 34.8 Å². The molecule has 18 heavy (non-hydrogen) atoms. The number of benzene rings is 1. The highest BCUT2D eigenvalue weighted by Crippen LogP contribution is 2.44. The van der Waals surface area contributed by atoms with Gasteiger partial charge in [0.05, 0.1) is 11.0 Å². The molecule has 9 heteroatoms. The summed E-state index contributed by atoms with van der Waals surface area (Å²) in [6.07, 6.45) is -3.67. The quantitative estimate of drug-likeness (QED) is 0.754. The maximum Gasteiger partial charge on any atom is 0.586 e. The van der Waals surface area contributed by atoms with Crippen molar-refractivity contribution < 1.29 is 18.3 Å². The highest BCUT2D eigenvalue weighted by atomic mass is 35.6.